The van der Waals surface area contributed by atoms with E-state index in [0.717, 1.165) is 37.1 Å². The summed E-state index contributed by atoms with van der Waals surface area (Å²) in [7, 11) is 0. The van der Waals surface area contributed by atoms with E-state index in [4.69, 9.17) is 0 Å². The Kier molecular flexibility index (Phi) is 4.91. The first-order valence-electron chi connectivity index (χ1n) is 9.49. The van der Waals surface area contributed by atoms with Crippen LogP contribution in [0.3, 0.4) is 0 Å². The van der Waals surface area contributed by atoms with Crippen LogP contribution in [0.5, 0.6) is 0 Å². The smallest absolute Gasteiger partial charge is 0.224 e. The third-order valence-electron chi connectivity index (χ3n) is 5.15. The van der Waals surface area contributed by atoms with Crippen molar-refractivity contribution in [2.45, 2.75) is 32.1 Å². The van der Waals surface area contributed by atoms with Gasteiger partial charge in [0.15, 0.2) is 0 Å². The molecule has 2 heterocycles. The molecule has 4 rings (SSSR count). The number of hydrogen-bond donors (Lipinski definition) is 2. The molecule has 0 spiro atoms. The Morgan fingerprint density at radius 2 is 1.81 bits per heavy atom. The topological polar surface area (TPSA) is 48.1 Å². The summed E-state index contributed by atoms with van der Waals surface area (Å²) in [5, 5.41) is 4.27. The first-order valence-corrected chi connectivity index (χ1v) is 9.49. The van der Waals surface area contributed by atoms with Gasteiger partial charge in [0.2, 0.25) is 5.91 Å². The molecule has 1 fully saturated rings. The number of anilines is 2. The second-order valence-electron chi connectivity index (χ2n) is 7.00. The summed E-state index contributed by atoms with van der Waals surface area (Å²) in [5.41, 5.74) is 4.57. The van der Waals surface area contributed by atoms with Crippen molar-refractivity contribution >= 4 is 28.2 Å². The number of fused-ring (bicyclic) bond motifs is 1. The van der Waals surface area contributed by atoms with E-state index in [2.05, 4.69) is 51.7 Å². The number of aromatic amines is 1. The van der Waals surface area contributed by atoms with Crippen molar-refractivity contribution in [1.29, 1.82) is 0 Å². The van der Waals surface area contributed by atoms with Gasteiger partial charge in [-0.15, -0.1) is 0 Å². The quantitative estimate of drug-likeness (QED) is 0.677. The average molecular weight is 347 g/mol. The molecule has 2 aromatic carbocycles. The normalized spacial score (nSPS) is 14.1. The SMILES string of the molecule is O=C(CCCc1c[nH]c2ccccc12)Nc1ccc(N2CCCC2)cc1. The van der Waals surface area contributed by atoms with Crippen molar-refractivity contribution in [1.82, 2.24) is 4.98 Å². The van der Waals surface area contributed by atoms with Crippen LogP contribution in [-0.4, -0.2) is 24.0 Å². The Balaban J connectivity index is 1.27. The van der Waals surface area contributed by atoms with E-state index in [1.54, 1.807) is 0 Å². The number of amides is 1. The molecule has 3 aromatic rings. The maximum absolute atomic E-state index is 12.2. The molecule has 0 unspecified atom stereocenters. The predicted octanol–water partition coefficient (Wildman–Crippen LogP) is 4.73. The molecule has 0 saturated carbocycles. The molecule has 0 atom stereocenters. The van der Waals surface area contributed by atoms with Crippen LogP contribution < -0.4 is 10.2 Å². The van der Waals surface area contributed by atoms with Gasteiger partial charge in [-0.25, -0.2) is 0 Å². The highest BCUT2D eigenvalue weighted by Crippen LogP contribution is 2.22. The first kappa shape index (κ1) is 16.7. The van der Waals surface area contributed by atoms with Crippen LogP contribution in [0.4, 0.5) is 11.4 Å². The van der Waals surface area contributed by atoms with E-state index in [9.17, 15) is 4.79 Å². The number of nitrogens with one attached hydrogen (secondary N) is 2. The lowest BCUT2D eigenvalue weighted by Gasteiger charge is -2.17. The number of para-hydroxylation sites is 1. The summed E-state index contributed by atoms with van der Waals surface area (Å²) >= 11 is 0. The van der Waals surface area contributed by atoms with E-state index in [1.807, 2.05) is 18.2 Å². The van der Waals surface area contributed by atoms with Crippen molar-refractivity contribution in [2.75, 3.05) is 23.3 Å². The molecule has 4 heteroatoms. The molecule has 2 N–H and O–H groups in total. The Morgan fingerprint density at radius 1 is 1.04 bits per heavy atom. The standard InChI is InChI=1S/C22H25N3O/c26-22(9-5-6-17-16-23-21-8-2-1-7-20(17)21)24-18-10-12-19(13-11-18)25-14-3-4-15-25/h1-2,7-8,10-13,16,23H,3-6,9,14-15H2,(H,24,26). The monoisotopic (exact) mass is 347 g/mol. The predicted molar refractivity (Wildman–Crippen MR) is 108 cm³/mol. The minimum absolute atomic E-state index is 0.0822. The summed E-state index contributed by atoms with van der Waals surface area (Å²) in [4.78, 5) is 17.9. The van der Waals surface area contributed by atoms with Gasteiger partial charge in [0, 0.05) is 48.0 Å². The van der Waals surface area contributed by atoms with Gasteiger partial charge in [0.05, 0.1) is 0 Å². The molecule has 0 aliphatic carbocycles. The van der Waals surface area contributed by atoms with Gasteiger partial charge in [-0.1, -0.05) is 18.2 Å². The van der Waals surface area contributed by atoms with Crippen molar-refractivity contribution < 1.29 is 4.79 Å². The van der Waals surface area contributed by atoms with Gasteiger partial charge in [-0.2, -0.15) is 0 Å². The highest BCUT2D eigenvalue weighted by molar-refractivity contribution is 5.91. The van der Waals surface area contributed by atoms with E-state index >= 15 is 0 Å². The number of carbonyl (C=O) groups excluding carboxylic acids is 1. The van der Waals surface area contributed by atoms with Crippen LogP contribution in [-0.2, 0) is 11.2 Å². The summed E-state index contributed by atoms with van der Waals surface area (Å²) < 4.78 is 0. The van der Waals surface area contributed by atoms with E-state index in [1.165, 1.54) is 29.5 Å². The zero-order chi connectivity index (χ0) is 17.8. The highest BCUT2D eigenvalue weighted by atomic mass is 16.1. The third kappa shape index (κ3) is 3.74. The lowest BCUT2D eigenvalue weighted by atomic mass is 10.1. The van der Waals surface area contributed by atoms with Crippen molar-refractivity contribution in [3.8, 4) is 0 Å². The van der Waals surface area contributed by atoms with Gasteiger partial charge in [0.25, 0.3) is 0 Å². The molecule has 26 heavy (non-hydrogen) atoms. The third-order valence-corrected chi connectivity index (χ3v) is 5.15. The number of hydrogen-bond acceptors (Lipinski definition) is 2. The Labute approximate surface area is 154 Å². The van der Waals surface area contributed by atoms with Crippen molar-refractivity contribution in [3.63, 3.8) is 0 Å². The molecule has 1 amide bonds. The molecule has 1 aromatic heterocycles. The molecule has 1 aliphatic heterocycles. The van der Waals surface area contributed by atoms with Gasteiger partial charge >= 0.3 is 0 Å². The fraction of sp³-hybridized carbons (Fsp3) is 0.318. The largest absolute Gasteiger partial charge is 0.372 e. The summed E-state index contributed by atoms with van der Waals surface area (Å²) in [6.07, 6.45) is 6.89. The van der Waals surface area contributed by atoms with E-state index in [-0.39, 0.29) is 5.91 Å². The maximum Gasteiger partial charge on any atom is 0.224 e. The van der Waals surface area contributed by atoms with Gasteiger partial charge in [0.1, 0.15) is 0 Å². The number of H-pyrrole nitrogens is 1. The zero-order valence-corrected chi connectivity index (χ0v) is 15.0. The first-order chi connectivity index (χ1) is 12.8. The Bertz CT molecular complexity index is 876. The van der Waals surface area contributed by atoms with Crippen molar-refractivity contribution in [3.05, 3.63) is 60.3 Å². The van der Waals surface area contributed by atoms with Crippen LogP contribution in [0.15, 0.2) is 54.7 Å². The van der Waals surface area contributed by atoms with E-state index in [0.29, 0.717) is 6.42 Å². The van der Waals surface area contributed by atoms with Crippen LogP contribution >= 0.6 is 0 Å². The molecule has 0 bridgehead atoms. The minimum Gasteiger partial charge on any atom is -0.372 e. The molecule has 0 radical (unpaired) electrons. The molecule has 134 valence electrons. The number of nitrogens with zero attached hydrogens (tertiary/aromatic N) is 1. The Morgan fingerprint density at radius 3 is 2.62 bits per heavy atom. The number of aryl methyl sites for hydroxylation is 1. The lowest BCUT2D eigenvalue weighted by Crippen LogP contribution is -2.17. The summed E-state index contributed by atoms with van der Waals surface area (Å²) in [5.74, 6) is 0.0822. The minimum atomic E-state index is 0.0822. The second-order valence-corrected chi connectivity index (χ2v) is 7.00. The van der Waals surface area contributed by atoms with E-state index < -0.39 is 0 Å². The van der Waals surface area contributed by atoms with Crippen LogP contribution in [0, 0.1) is 0 Å². The average Bonchev–Trinajstić information content (AvgIpc) is 3.33. The summed E-state index contributed by atoms with van der Waals surface area (Å²) in [6.45, 7) is 2.28. The maximum atomic E-state index is 12.2. The van der Waals surface area contributed by atoms with Crippen LogP contribution in [0.1, 0.15) is 31.2 Å². The molecule has 1 aliphatic rings. The second kappa shape index (κ2) is 7.65. The van der Waals surface area contributed by atoms with Gasteiger partial charge in [-0.3, -0.25) is 4.79 Å². The number of benzene rings is 2. The molecule has 4 nitrogen and oxygen atoms in total. The zero-order valence-electron chi connectivity index (χ0n) is 15.0. The number of carbonyl (C=O) groups is 1. The highest BCUT2D eigenvalue weighted by Gasteiger charge is 2.12. The molecular weight excluding hydrogens is 322 g/mol. The van der Waals surface area contributed by atoms with Gasteiger partial charge < -0.3 is 15.2 Å². The molecular formula is C22H25N3O. The number of aromatic nitrogens is 1. The van der Waals surface area contributed by atoms with Crippen molar-refractivity contribution in [2.24, 2.45) is 0 Å². The fourth-order valence-electron chi connectivity index (χ4n) is 3.73. The Hall–Kier alpha value is -2.75. The fourth-order valence-corrected chi connectivity index (χ4v) is 3.73. The lowest BCUT2D eigenvalue weighted by molar-refractivity contribution is -0.116. The number of rotatable bonds is 6. The van der Waals surface area contributed by atoms with Crippen LogP contribution in [0.25, 0.3) is 10.9 Å². The molecule has 1 saturated heterocycles. The van der Waals surface area contributed by atoms with Crippen LogP contribution in [0.2, 0.25) is 0 Å². The van der Waals surface area contributed by atoms with Gasteiger partial charge in [-0.05, 0) is 61.6 Å². The summed E-state index contributed by atoms with van der Waals surface area (Å²) in [6, 6.07) is 16.5.